The third kappa shape index (κ3) is 24.3. The summed E-state index contributed by atoms with van der Waals surface area (Å²) >= 11 is 0. The van der Waals surface area contributed by atoms with Gasteiger partial charge in [-0.05, 0) is 41.8 Å². The number of amides is 1. The molecule has 0 atom stereocenters. The predicted molar refractivity (Wildman–Crippen MR) is 295 cm³/mol. The van der Waals surface area contributed by atoms with Crippen molar-refractivity contribution in [2.45, 2.75) is 31.1 Å². The average Bonchev–Trinajstić information content (AvgIpc) is 3.73. The molecule has 3 aromatic rings. The molecule has 2 aliphatic heterocycles. The highest BCUT2D eigenvalue weighted by Crippen LogP contribution is 2.34. The van der Waals surface area contributed by atoms with E-state index in [4.69, 9.17) is 53.1 Å². The standard InChI is InChI=1S/C55H77F4N7O15S/c1-3-10-62-54(68)44-32-43-8-7-42(34-48(43)65-49(60)35-44)41-5-4-6-45(33-41)82(69,70)66-38-40(39-66)37-64-55(61-2)63-11-13-72-15-17-74-19-21-76-23-25-78-27-29-80-31-30-79-28-26-77-24-22-75-20-18-73-16-14-71-12-9-50(67)81-53-51(58)46(56)36-47(57)52(53)59/h4-8,32-34,36,40H,3,9-31,35,37-39H2,1-2H3,(H2,60,65)(H,62,68)(H2,61,63,64). The van der Waals surface area contributed by atoms with E-state index in [1.54, 1.807) is 31.3 Å². The molecule has 1 fully saturated rings. The number of carbonyl (C=O) groups is 2. The average molecular weight is 1180 g/mol. The summed E-state index contributed by atoms with van der Waals surface area (Å²) in [4.78, 5) is 33.4. The lowest BCUT2D eigenvalue weighted by Gasteiger charge is -2.38. The van der Waals surface area contributed by atoms with Crippen LogP contribution in [0.15, 0.2) is 69.0 Å². The fourth-order valence-electron chi connectivity index (χ4n) is 7.65. The van der Waals surface area contributed by atoms with Gasteiger partial charge in [-0.25, -0.2) is 22.2 Å². The molecule has 1 amide bonds. The largest absolute Gasteiger partial charge is 0.420 e. The summed E-state index contributed by atoms with van der Waals surface area (Å²) in [5, 5.41) is 9.37. The first kappa shape index (κ1) is 67.1. The lowest BCUT2D eigenvalue weighted by molar-refractivity contribution is -0.136. The Hall–Kier alpha value is -5.69. The van der Waals surface area contributed by atoms with Crippen LogP contribution in [0, 0.1) is 29.2 Å². The van der Waals surface area contributed by atoms with Gasteiger partial charge in [-0.1, -0.05) is 31.2 Å². The molecule has 3 aromatic carbocycles. The second kappa shape index (κ2) is 38.2. The molecule has 0 unspecified atom stereocenters. The number of nitrogens with zero attached hydrogens (tertiary/aromatic N) is 3. The van der Waals surface area contributed by atoms with Crippen molar-refractivity contribution in [2.75, 3.05) is 172 Å². The summed E-state index contributed by atoms with van der Waals surface area (Å²) in [6.45, 7) is 11.3. The van der Waals surface area contributed by atoms with Crippen LogP contribution in [0.25, 0.3) is 17.2 Å². The van der Waals surface area contributed by atoms with Crippen molar-refractivity contribution < 1.29 is 87.7 Å². The third-order valence-electron chi connectivity index (χ3n) is 12.0. The van der Waals surface area contributed by atoms with E-state index in [-0.39, 0.29) is 55.6 Å². The number of rotatable bonds is 42. The third-order valence-corrected chi connectivity index (χ3v) is 13.8. The maximum absolute atomic E-state index is 13.6. The highest BCUT2D eigenvalue weighted by atomic mass is 32.2. The summed E-state index contributed by atoms with van der Waals surface area (Å²) in [7, 11) is -2.06. The molecule has 0 bridgehead atoms. The number of sulfonamides is 1. The van der Waals surface area contributed by atoms with Crippen LogP contribution >= 0.6 is 0 Å². The minimum atomic E-state index is -3.73. The van der Waals surface area contributed by atoms with E-state index < -0.39 is 51.4 Å². The summed E-state index contributed by atoms with van der Waals surface area (Å²) < 4.78 is 141. The quantitative estimate of drug-likeness (QED) is 0.0118. The van der Waals surface area contributed by atoms with Crippen molar-refractivity contribution in [3.8, 4) is 16.9 Å². The molecule has 22 nitrogen and oxygen atoms in total. The monoisotopic (exact) mass is 1180 g/mol. The Morgan fingerprint density at radius 3 is 1.66 bits per heavy atom. The number of nitrogens with two attached hydrogens (primary N) is 1. The van der Waals surface area contributed by atoms with Gasteiger partial charge >= 0.3 is 5.97 Å². The van der Waals surface area contributed by atoms with Gasteiger partial charge < -0.3 is 73.8 Å². The summed E-state index contributed by atoms with van der Waals surface area (Å²) in [6, 6.07) is 12.5. The Morgan fingerprint density at radius 2 is 1.15 bits per heavy atom. The molecule has 82 heavy (non-hydrogen) atoms. The molecule has 0 radical (unpaired) electrons. The van der Waals surface area contributed by atoms with Crippen LogP contribution in [0.2, 0.25) is 0 Å². The highest BCUT2D eigenvalue weighted by Gasteiger charge is 2.37. The van der Waals surface area contributed by atoms with E-state index in [1.807, 2.05) is 31.2 Å². The number of aliphatic imine (C=N–C) groups is 2. The first-order chi connectivity index (χ1) is 39.8. The van der Waals surface area contributed by atoms with Crippen molar-refractivity contribution >= 4 is 45.5 Å². The van der Waals surface area contributed by atoms with Crippen LogP contribution in [-0.4, -0.2) is 208 Å². The first-order valence-electron chi connectivity index (χ1n) is 27.1. The Kier molecular flexibility index (Phi) is 31.3. The number of guanidine groups is 1. The first-order valence-corrected chi connectivity index (χ1v) is 28.6. The number of carbonyl (C=O) groups excluding carboxylic acids is 2. The van der Waals surface area contributed by atoms with Gasteiger partial charge in [-0.2, -0.15) is 13.1 Å². The molecule has 0 aromatic heterocycles. The predicted octanol–water partition coefficient (Wildman–Crippen LogP) is 4.16. The molecule has 0 spiro atoms. The van der Waals surface area contributed by atoms with Crippen LogP contribution in [0.4, 0.5) is 23.2 Å². The molecule has 27 heteroatoms. The Bertz CT molecular complexity index is 2610. The fraction of sp³-hybridized carbons (Fsp3) is 0.564. The zero-order valence-corrected chi connectivity index (χ0v) is 47.4. The van der Waals surface area contributed by atoms with Crippen LogP contribution in [-0.2, 0) is 67.0 Å². The summed E-state index contributed by atoms with van der Waals surface area (Å²) in [6.07, 6.45) is 2.45. The maximum atomic E-state index is 13.6. The van der Waals surface area contributed by atoms with Crippen molar-refractivity contribution in [3.05, 3.63) is 82.9 Å². The number of benzene rings is 3. The minimum Gasteiger partial charge on any atom is -0.420 e. The van der Waals surface area contributed by atoms with Gasteiger partial charge in [-0.15, -0.1) is 0 Å². The minimum absolute atomic E-state index is 0.0141. The number of hydrogen-bond acceptors (Lipinski definition) is 18. The smallest absolute Gasteiger partial charge is 0.313 e. The number of amidine groups is 1. The SMILES string of the molecule is CCCNC(=O)C1=Cc2ccc(-c3cccc(S(=O)(=O)N4CC(CNC(=NC)NCCOCCOCCOCCOCCOCCOCCOCCOCCOCCOCCC(=O)Oc5c(F)c(F)cc(F)c5F)C4)c3)cc2N=C(N)C1. The Labute approximate surface area is 476 Å². The van der Waals surface area contributed by atoms with E-state index in [9.17, 15) is 35.6 Å². The van der Waals surface area contributed by atoms with Crippen LogP contribution < -0.4 is 26.4 Å². The van der Waals surface area contributed by atoms with E-state index in [1.165, 1.54) is 4.31 Å². The molecule has 0 saturated carbocycles. The van der Waals surface area contributed by atoms with E-state index in [2.05, 4.69) is 30.7 Å². The molecular weight excluding hydrogens is 1110 g/mol. The topological polar surface area (TPSA) is 260 Å². The number of fused-ring (bicyclic) bond motifs is 1. The van der Waals surface area contributed by atoms with Gasteiger partial charge in [0.05, 0.1) is 149 Å². The van der Waals surface area contributed by atoms with Gasteiger partial charge in [0.25, 0.3) is 0 Å². The summed E-state index contributed by atoms with van der Waals surface area (Å²) in [5.41, 5.74) is 9.59. The van der Waals surface area contributed by atoms with Gasteiger partial charge in [0.2, 0.25) is 33.3 Å². The molecule has 2 heterocycles. The molecule has 1 saturated heterocycles. The van der Waals surface area contributed by atoms with Crippen molar-refractivity contribution in [2.24, 2.45) is 21.6 Å². The molecule has 5 rings (SSSR count). The lowest BCUT2D eigenvalue weighted by atomic mass is 10.0. The van der Waals surface area contributed by atoms with E-state index in [0.29, 0.717) is 161 Å². The normalized spacial score (nSPS) is 14.0. The maximum Gasteiger partial charge on any atom is 0.313 e. The Morgan fingerprint density at radius 1 is 0.646 bits per heavy atom. The Balaban J connectivity index is 0.745. The van der Waals surface area contributed by atoms with E-state index in [0.717, 1.165) is 23.1 Å². The molecule has 0 aliphatic carbocycles. The number of hydrogen-bond donors (Lipinski definition) is 4. The van der Waals surface area contributed by atoms with Crippen LogP contribution in [0.1, 0.15) is 31.7 Å². The number of esters is 1. The number of ether oxygens (including phenoxy) is 11. The van der Waals surface area contributed by atoms with Crippen molar-refractivity contribution in [3.63, 3.8) is 0 Å². The van der Waals surface area contributed by atoms with Crippen molar-refractivity contribution in [1.82, 2.24) is 20.3 Å². The second-order valence-corrected chi connectivity index (χ2v) is 20.2. The van der Waals surface area contributed by atoms with Gasteiger partial charge in [-0.3, -0.25) is 14.6 Å². The van der Waals surface area contributed by atoms with Gasteiger partial charge in [0.1, 0.15) is 5.84 Å². The van der Waals surface area contributed by atoms with Crippen LogP contribution in [0.3, 0.4) is 0 Å². The molecule has 5 N–H and O–H groups in total. The zero-order valence-electron chi connectivity index (χ0n) is 46.5. The molecule has 456 valence electrons. The van der Waals surface area contributed by atoms with Crippen LogP contribution in [0.5, 0.6) is 5.75 Å². The lowest BCUT2D eigenvalue weighted by Crippen LogP contribution is -2.54. The highest BCUT2D eigenvalue weighted by molar-refractivity contribution is 7.89. The van der Waals surface area contributed by atoms with Gasteiger partial charge in [0, 0.05) is 69.3 Å². The summed E-state index contributed by atoms with van der Waals surface area (Å²) in [5.74, 6) is -8.69. The zero-order chi connectivity index (χ0) is 58.8. The molecule has 2 aliphatic rings. The molecular formula is C55H77F4N7O15S. The fourth-order valence-corrected chi connectivity index (χ4v) is 9.29. The van der Waals surface area contributed by atoms with Gasteiger partial charge in [0.15, 0.2) is 17.6 Å². The van der Waals surface area contributed by atoms with Crippen molar-refractivity contribution in [1.29, 1.82) is 0 Å². The number of halogens is 4. The van der Waals surface area contributed by atoms with E-state index >= 15 is 0 Å². The second-order valence-electron chi connectivity index (χ2n) is 18.2. The number of nitrogens with one attached hydrogen (secondary N) is 3.